The van der Waals surface area contributed by atoms with Crippen molar-refractivity contribution < 1.29 is 29.0 Å². The van der Waals surface area contributed by atoms with E-state index in [0.29, 0.717) is 5.69 Å². The van der Waals surface area contributed by atoms with E-state index in [1.807, 2.05) is 0 Å². The van der Waals surface area contributed by atoms with E-state index in [-0.39, 0.29) is 19.6 Å². The Morgan fingerprint density at radius 2 is 1.96 bits per heavy atom. The molecule has 0 fully saturated rings. The van der Waals surface area contributed by atoms with E-state index < -0.39 is 36.5 Å². The van der Waals surface area contributed by atoms with Crippen molar-refractivity contribution >= 4 is 23.9 Å². The minimum atomic E-state index is -1.21. The highest BCUT2D eigenvalue weighted by Gasteiger charge is 2.21. The predicted molar refractivity (Wildman–Crippen MR) is 79.9 cm³/mol. The number of hydrogen-bond acceptors (Lipinski definition) is 6. The van der Waals surface area contributed by atoms with Gasteiger partial charge in [0.05, 0.1) is 19.5 Å². The molecule has 0 aliphatic heterocycles. The Kier molecular flexibility index (Phi) is 7.75. The number of ether oxygens (including phenoxy) is 1. The SMILES string of the molecule is CCOC(=O)NCC(=O)NCC(=O)NC(Cc1cnc[nH]1)C(=O)O. The van der Waals surface area contributed by atoms with Crippen molar-refractivity contribution in [2.24, 2.45) is 0 Å². The van der Waals surface area contributed by atoms with Crippen LogP contribution in [0.4, 0.5) is 4.79 Å². The van der Waals surface area contributed by atoms with Crippen LogP contribution in [0.15, 0.2) is 12.5 Å². The lowest BCUT2D eigenvalue weighted by Gasteiger charge is -2.14. The van der Waals surface area contributed by atoms with Crippen molar-refractivity contribution in [1.82, 2.24) is 25.9 Å². The van der Waals surface area contributed by atoms with Crippen LogP contribution in [0, 0.1) is 0 Å². The maximum absolute atomic E-state index is 11.7. The fraction of sp³-hybridized carbons (Fsp3) is 0.462. The van der Waals surface area contributed by atoms with Gasteiger partial charge in [-0.15, -0.1) is 0 Å². The number of carboxylic acids is 1. The molecule has 11 heteroatoms. The van der Waals surface area contributed by atoms with Gasteiger partial charge in [-0.3, -0.25) is 9.59 Å². The first-order valence-corrected chi connectivity index (χ1v) is 7.09. The molecule has 0 aliphatic rings. The molecule has 1 atom stereocenters. The Morgan fingerprint density at radius 3 is 2.54 bits per heavy atom. The lowest BCUT2D eigenvalue weighted by Crippen LogP contribution is -2.47. The number of alkyl carbamates (subject to hydrolysis) is 1. The molecule has 11 nitrogen and oxygen atoms in total. The molecule has 24 heavy (non-hydrogen) atoms. The van der Waals surface area contributed by atoms with E-state index in [4.69, 9.17) is 5.11 Å². The van der Waals surface area contributed by atoms with Crippen LogP contribution in [0.25, 0.3) is 0 Å². The van der Waals surface area contributed by atoms with Crippen molar-refractivity contribution in [3.05, 3.63) is 18.2 Å². The van der Waals surface area contributed by atoms with Crippen molar-refractivity contribution in [1.29, 1.82) is 0 Å². The van der Waals surface area contributed by atoms with E-state index in [2.05, 4.69) is 30.7 Å². The number of H-pyrrole nitrogens is 1. The number of carbonyl (C=O) groups is 4. The Morgan fingerprint density at radius 1 is 1.25 bits per heavy atom. The molecule has 1 heterocycles. The van der Waals surface area contributed by atoms with Gasteiger partial charge in [-0.25, -0.2) is 14.6 Å². The Bertz CT molecular complexity index is 573. The molecule has 1 aromatic heterocycles. The average molecular weight is 341 g/mol. The third-order valence-electron chi connectivity index (χ3n) is 2.73. The molecule has 132 valence electrons. The van der Waals surface area contributed by atoms with E-state index in [1.165, 1.54) is 12.5 Å². The van der Waals surface area contributed by atoms with Crippen molar-refractivity contribution in [2.75, 3.05) is 19.7 Å². The zero-order valence-electron chi connectivity index (χ0n) is 13.0. The van der Waals surface area contributed by atoms with Gasteiger partial charge >= 0.3 is 12.1 Å². The summed E-state index contributed by atoms with van der Waals surface area (Å²) in [5, 5.41) is 15.8. The highest BCUT2D eigenvalue weighted by Crippen LogP contribution is 1.98. The number of amides is 3. The van der Waals surface area contributed by atoms with Crippen LogP contribution < -0.4 is 16.0 Å². The van der Waals surface area contributed by atoms with Gasteiger partial charge in [0, 0.05) is 18.3 Å². The fourth-order valence-electron chi connectivity index (χ4n) is 1.64. The van der Waals surface area contributed by atoms with Gasteiger partial charge < -0.3 is 30.8 Å². The van der Waals surface area contributed by atoms with Gasteiger partial charge in [0.25, 0.3) is 0 Å². The Hall–Kier alpha value is -3.11. The molecule has 0 aromatic carbocycles. The lowest BCUT2D eigenvalue weighted by molar-refractivity contribution is -0.141. The monoisotopic (exact) mass is 341 g/mol. The van der Waals surface area contributed by atoms with Gasteiger partial charge in [-0.05, 0) is 6.92 Å². The summed E-state index contributed by atoms with van der Waals surface area (Å²) in [4.78, 5) is 51.8. The van der Waals surface area contributed by atoms with Crippen LogP contribution in [-0.2, 0) is 25.5 Å². The van der Waals surface area contributed by atoms with Crippen LogP contribution >= 0.6 is 0 Å². The Labute approximate surface area is 137 Å². The number of nitrogens with one attached hydrogen (secondary N) is 4. The highest BCUT2D eigenvalue weighted by atomic mass is 16.5. The summed E-state index contributed by atoms with van der Waals surface area (Å²) in [6.45, 7) is 1.01. The molecule has 0 radical (unpaired) electrons. The van der Waals surface area contributed by atoms with Gasteiger partial charge in [0.1, 0.15) is 12.6 Å². The van der Waals surface area contributed by atoms with E-state index in [9.17, 15) is 19.2 Å². The summed E-state index contributed by atoms with van der Waals surface area (Å²) in [5.74, 6) is -2.50. The number of carbonyl (C=O) groups excluding carboxylic acids is 3. The molecule has 1 rings (SSSR count). The number of nitrogens with zero attached hydrogens (tertiary/aromatic N) is 1. The molecule has 3 amide bonds. The third-order valence-corrected chi connectivity index (χ3v) is 2.73. The van der Waals surface area contributed by atoms with Gasteiger partial charge in [-0.2, -0.15) is 0 Å². The van der Waals surface area contributed by atoms with Crippen LogP contribution in [0.2, 0.25) is 0 Å². The maximum Gasteiger partial charge on any atom is 0.407 e. The second-order valence-corrected chi connectivity index (χ2v) is 4.59. The van der Waals surface area contributed by atoms with Crippen LogP contribution in [0.1, 0.15) is 12.6 Å². The second-order valence-electron chi connectivity index (χ2n) is 4.59. The summed E-state index contributed by atoms with van der Waals surface area (Å²) in [7, 11) is 0. The summed E-state index contributed by atoms with van der Waals surface area (Å²) in [6.07, 6.45) is 2.12. The number of aliphatic carboxylic acids is 1. The number of rotatable bonds is 9. The average Bonchev–Trinajstić information content (AvgIpc) is 3.03. The van der Waals surface area contributed by atoms with E-state index in [0.717, 1.165) is 0 Å². The van der Waals surface area contributed by atoms with E-state index in [1.54, 1.807) is 6.92 Å². The molecular formula is C13H19N5O6. The summed E-state index contributed by atoms with van der Waals surface area (Å²) in [6, 6.07) is -1.16. The first-order chi connectivity index (χ1) is 11.4. The molecular weight excluding hydrogens is 322 g/mol. The van der Waals surface area contributed by atoms with Crippen molar-refractivity contribution in [3.8, 4) is 0 Å². The number of hydrogen-bond donors (Lipinski definition) is 5. The van der Waals surface area contributed by atoms with Crippen molar-refractivity contribution in [2.45, 2.75) is 19.4 Å². The summed E-state index contributed by atoms with van der Waals surface area (Å²) < 4.78 is 4.56. The minimum absolute atomic E-state index is 0.0272. The molecule has 5 N–H and O–H groups in total. The number of aromatic amines is 1. The molecule has 0 aliphatic carbocycles. The molecule has 0 saturated carbocycles. The molecule has 1 aromatic rings. The normalized spacial score (nSPS) is 11.2. The standard InChI is InChI=1S/C13H19N5O6/c1-2-24-13(23)16-5-10(19)15-6-11(20)18-9(12(21)22)3-8-4-14-7-17-8/h4,7,9H,2-3,5-6H2,1H3,(H,14,17)(H,15,19)(H,16,23)(H,18,20)(H,21,22). The smallest absolute Gasteiger partial charge is 0.407 e. The summed E-state index contributed by atoms with van der Waals surface area (Å²) in [5.41, 5.74) is 0.547. The minimum Gasteiger partial charge on any atom is -0.480 e. The topological polar surface area (TPSA) is 163 Å². The first kappa shape index (κ1) is 18.9. The van der Waals surface area contributed by atoms with Crippen LogP contribution in [-0.4, -0.2) is 64.7 Å². The van der Waals surface area contributed by atoms with E-state index >= 15 is 0 Å². The van der Waals surface area contributed by atoms with Crippen LogP contribution in [0.5, 0.6) is 0 Å². The van der Waals surface area contributed by atoms with Crippen LogP contribution in [0.3, 0.4) is 0 Å². The number of aromatic nitrogens is 2. The Balaban J connectivity index is 2.34. The number of carboxylic acid groups (broad SMARTS) is 1. The zero-order valence-corrected chi connectivity index (χ0v) is 13.0. The largest absolute Gasteiger partial charge is 0.480 e. The third kappa shape index (κ3) is 7.24. The zero-order chi connectivity index (χ0) is 17.9. The molecule has 0 bridgehead atoms. The second kappa shape index (κ2) is 9.82. The molecule has 0 saturated heterocycles. The van der Waals surface area contributed by atoms with Gasteiger partial charge in [-0.1, -0.05) is 0 Å². The quantitative estimate of drug-likeness (QED) is 0.360. The van der Waals surface area contributed by atoms with Crippen molar-refractivity contribution in [3.63, 3.8) is 0 Å². The summed E-state index contributed by atoms with van der Waals surface area (Å²) >= 11 is 0. The van der Waals surface area contributed by atoms with Gasteiger partial charge in [0.2, 0.25) is 11.8 Å². The lowest BCUT2D eigenvalue weighted by atomic mass is 10.1. The number of imidazole rings is 1. The molecule has 0 spiro atoms. The maximum atomic E-state index is 11.7. The molecule has 1 unspecified atom stereocenters. The fourth-order valence-corrected chi connectivity index (χ4v) is 1.64. The highest BCUT2D eigenvalue weighted by molar-refractivity contribution is 5.89. The first-order valence-electron chi connectivity index (χ1n) is 7.09. The van der Waals surface area contributed by atoms with Gasteiger partial charge in [0.15, 0.2) is 0 Å². The predicted octanol–water partition coefficient (Wildman–Crippen LogP) is -1.62.